The van der Waals surface area contributed by atoms with Crippen molar-refractivity contribution in [3.63, 3.8) is 0 Å². The van der Waals surface area contributed by atoms with E-state index in [-0.39, 0.29) is 0 Å². The van der Waals surface area contributed by atoms with E-state index >= 15 is 0 Å². The maximum Gasteiger partial charge on any atom is 0.109 e. The molecule has 2 heterocycles. The van der Waals surface area contributed by atoms with E-state index in [9.17, 15) is 0 Å². The fraction of sp³-hybridized carbons (Fsp3) is 0.167. The number of aryl methyl sites for hydroxylation is 1. The van der Waals surface area contributed by atoms with Gasteiger partial charge in [-0.15, -0.1) is 0 Å². The third kappa shape index (κ3) is 0.483. The van der Waals surface area contributed by atoms with Crippen LogP contribution in [0.2, 0.25) is 0 Å². The molecule has 0 unspecified atom stereocenters. The molecular formula is C6H7N3. The Balaban J connectivity index is 2.99. The standard InChI is InChI=1S/C6H7N3/c1-4-6-5(2-7-4)8-3-9-6/h2-3,7H,1H3,(H,8,9). The van der Waals surface area contributed by atoms with Gasteiger partial charge in [0.15, 0.2) is 0 Å². The van der Waals surface area contributed by atoms with Crippen LogP contribution in [-0.2, 0) is 0 Å². The summed E-state index contributed by atoms with van der Waals surface area (Å²) < 4.78 is 0. The second-order valence-corrected chi connectivity index (χ2v) is 2.08. The van der Waals surface area contributed by atoms with Crippen molar-refractivity contribution < 1.29 is 0 Å². The number of imidazole rings is 1. The van der Waals surface area contributed by atoms with Crippen molar-refractivity contribution >= 4 is 11.0 Å². The summed E-state index contributed by atoms with van der Waals surface area (Å²) in [4.78, 5) is 10.2. The molecule has 0 bridgehead atoms. The Bertz CT molecular complexity index is 317. The second kappa shape index (κ2) is 1.37. The van der Waals surface area contributed by atoms with E-state index in [4.69, 9.17) is 0 Å². The Hall–Kier alpha value is -1.25. The van der Waals surface area contributed by atoms with Gasteiger partial charge >= 0.3 is 0 Å². The van der Waals surface area contributed by atoms with Crippen molar-refractivity contribution in [1.82, 2.24) is 15.0 Å². The summed E-state index contributed by atoms with van der Waals surface area (Å²) in [6.07, 6.45) is 3.61. The van der Waals surface area contributed by atoms with E-state index in [2.05, 4.69) is 15.0 Å². The molecule has 2 N–H and O–H groups in total. The summed E-state index contributed by atoms with van der Waals surface area (Å²) in [6, 6.07) is 0. The number of hydrogen-bond donors (Lipinski definition) is 2. The highest BCUT2D eigenvalue weighted by atomic mass is 14.9. The average molecular weight is 121 g/mol. The first-order valence-corrected chi connectivity index (χ1v) is 2.85. The molecule has 2 aromatic rings. The number of nitrogens with zero attached hydrogens (tertiary/aromatic N) is 1. The van der Waals surface area contributed by atoms with Crippen LogP contribution in [0.25, 0.3) is 11.0 Å². The van der Waals surface area contributed by atoms with Crippen LogP contribution in [0.1, 0.15) is 5.69 Å². The van der Waals surface area contributed by atoms with E-state index in [0.717, 1.165) is 16.7 Å². The Labute approximate surface area is 52.1 Å². The minimum Gasteiger partial charge on any atom is -0.362 e. The normalized spacial score (nSPS) is 10.8. The van der Waals surface area contributed by atoms with Gasteiger partial charge in [-0.05, 0) is 6.92 Å². The number of fused-ring (bicyclic) bond motifs is 1. The van der Waals surface area contributed by atoms with Gasteiger partial charge in [-0.25, -0.2) is 4.98 Å². The van der Waals surface area contributed by atoms with Crippen LogP contribution in [-0.4, -0.2) is 15.0 Å². The van der Waals surface area contributed by atoms with E-state index in [1.807, 2.05) is 13.1 Å². The van der Waals surface area contributed by atoms with Crippen LogP contribution >= 0.6 is 0 Å². The van der Waals surface area contributed by atoms with Crippen LogP contribution in [0.3, 0.4) is 0 Å². The molecule has 46 valence electrons. The van der Waals surface area contributed by atoms with Gasteiger partial charge in [0.1, 0.15) is 5.52 Å². The molecule has 2 aromatic heterocycles. The maximum absolute atomic E-state index is 4.09. The van der Waals surface area contributed by atoms with Crippen molar-refractivity contribution in [3.8, 4) is 0 Å². The minimum absolute atomic E-state index is 1.04. The highest BCUT2D eigenvalue weighted by Gasteiger charge is 1.98. The van der Waals surface area contributed by atoms with Gasteiger partial charge in [0.05, 0.1) is 11.8 Å². The van der Waals surface area contributed by atoms with Crippen molar-refractivity contribution in [3.05, 3.63) is 18.2 Å². The van der Waals surface area contributed by atoms with Crippen LogP contribution in [0.5, 0.6) is 0 Å². The highest BCUT2D eigenvalue weighted by molar-refractivity contribution is 5.76. The molecule has 3 heteroatoms. The summed E-state index contributed by atoms with van der Waals surface area (Å²) >= 11 is 0. The van der Waals surface area contributed by atoms with Crippen LogP contribution in [0.15, 0.2) is 12.5 Å². The van der Waals surface area contributed by atoms with Crippen LogP contribution < -0.4 is 0 Å². The molecule has 0 aliphatic heterocycles. The highest BCUT2D eigenvalue weighted by Crippen LogP contribution is 2.10. The zero-order valence-electron chi connectivity index (χ0n) is 5.10. The van der Waals surface area contributed by atoms with Gasteiger partial charge in [0.2, 0.25) is 0 Å². The van der Waals surface area contributed by atoms with Crippen molar-refractivity contribution in [2.75, 3.05) is 0 Å². The molecule has 0 aromatic carbocycles. The van der Waals surface area contributed by atoms with Gasteiger partial charge in [-0.1, -0.05) is 0 Å². The first kappa shape index (κ1) is 4.61. The van der Waals surface area contributed by atoms with E-state index in [1.54, 1.807) is 6.33 Å². The molecule has 0 spiro atoms. The molecule has 9 heavy (non-hydrogen) atoms. The van der Waals surface area contributed by atoms with Crippen LogP contribution in [0, 0.1) is 6.92 Å². The molecule has 0 saturated carbocycles. The van der Waals surface area contributed by atoms with Crippen molar-refractivity contribution in [2.45, 2.75) is 6.92 Å². The molecule has 0 saturated heterocycles. The predicted molar refractivity (Wildman–Crippen MR) is 35.2 cm³/mol. The lowest BCUT2D eigenvalue weighted by atomic mass is 10.4. The molecule has 0 atom stereocenters. The number of nitrogens with one attached hydrogen (secondary N) is 2. The van der Waals surface area contributed by atoms with Gasteiger partial charge in [-0.3, -0.25) is 0 Å². The molecule has 0 amide bonds. The van der Waals surface area contributed by atoms with E-state index in [1.165, 1.54) is 0 Å². The molecular weight excluding hydrogens is 114 g/mol. The number of aromatic nitrogens is 3. The summed E-state index contributed by atoms with van der Waals surface area (Å²) in [7, 11) is 0. The molecule has 0 aliphatic carbocycles. The van der Waals surface area contributed by atoms with Crippen molar-refractivity contribution in [2.24, 2.45) is 0 Å². The smallest absolute Gasteiger partial charge is 0.109 e. The van der Waals surface area contributed by atoms with Crippen molar-refractivity contribution in [1.29, 1.82) is 0 Å². The van der Waals surface area contributed by atoms with Crippen LogP contribution in [0.4, 0.5) is 0 Å². The molecule has 3 nitrogen and oxygen atoms in total. The third-order valence-electron chi connectivity index (χ3n) is 1.46. The summed E-state index contributed by atoms with van der Waals surface area (Å²) in [5.41, 5.74) is 3.23. The molecule has 0 fully saturated rings. The minimum atomic E-state index is 1.04. The van der Waals surface area contributed by atoms with Gasteiger partial charge in [-0.2, -0.15) is 0 Å². The Morgan fingerprint density at radius 3 is 3.11 bits per heavy atom. The molecule has 0 aliphatic rings. The average Bonchev–Trinajstić information content (AvgIpc) is 2.35. The lowest BCUT2D eigenvalue weighted by Crippen LogP contribution is -1.67. The SMILES string of the molecule is Cc1[nH]cc2[nH]cnc12. The number of rotatable bonds is 0. The zero-order valence-corrected chi connectivity index (χ0v) is 5.10. The topological polar surface area (TPSA) is 44.5 Å². The summed E-state index contributed by atoms with van der Waals surface area (Å²) in [6.45, 7) is 2.00. The third-order valence-corrected chi connectivity index (χ3v) is 1.46. The first-order valence-electron chi connectivity index (χ1n) is 2.85. The summed E-state index contributed by atoms with van der Waals surface area (Å²) in [5.74, 6) is 0. The van der Waals surface area contributed by atoms with E-state index < -0.39 is 0 Å². The lowest BCUT2D eigenvalue weighted by Gasteiger charge is -1.76. The molecule has 2 rings (SSSR count). The van der Waals surface area contributed by atoms with Gasteiger partial charge < -0.3 is 9.97 Å². The number of aromatic amines is 2. The predicted octanol–water partition coefficient (Wildman–Crippen LogP) is 1.20. The lowest BCUT2D eigenvalue weighted by molar-refractivity contribution is 1.23. The largest absolute Gasteiger partial charge is 0.362 e. The quantitative estimate of drug-likeness (QED) is 0.540. The Kier molecular flexibility index (Phi) is 0.704. The number of hydrogen-bond acceptors (Lipinski definition) is 1. The summed E-state index contributed by atoms with van der Waals surface area (Å²) in [5, 5.41) is 0. The maximum atomic E-state index is 4.09. The monoisotopic (exact) mass is 121 g/mol. The Morgan fingerprint density at radius 2 is 2.33 bits per heavy atom. The second-order valence-electron chi connectivity index (χ2n) is 2.08. The first-order chi connectivity index (χ1) is 4.38. The van der Waals surface area contributed by atoms with E-state index in [0.29, 0.717) is 0 Å². The van der Waals surface area contributed by atoms with Gasteiger partial charge in [0, 0.05) is 11.9 Å². The zero-order chi connectivity index (χ0) is 6.27. The Morgan fingerprint density at radius 1 is 1.44 bits per heavy atom. The number of H-pyrrole nitrogens is 2. The molecule has 0 radical (unpaired) electrons. The fourth-order valence-corrected chi connectivity index (χ4v) is 0.962. The fourth-order valence-electron chi connectivity index (χ4n) is 0.962. The van der Waals surface area contributed by atoms with Gasteiger partial charge in [0.25, 0.3) is 0 Å².